The zero-order valence-corrected chi connectivity index (χ0v) is 14.1. The van der Waals surface area contributed by atoms with Crippen LogP contribution in [-0.4, -0.2) is 29.7 Å². The molecule has 24 heavy (non-hydrogen) atoms. The van der Waals surface area contributed by atoms with Crippen LogP contribution in [0.25, 0.3) is 10.9 Å². The van der Waals surface area contributed by atoms with Gasteiger partial charge < -0.3 is 9.30 Å². The van der Waals surface area contributed by atoms with Crippen LogP contribution in [0.1, 0.15) is 36.2 Å². The molecule has 0 amide bonds. The van der Waals surface area contributed by atoms with Gasteiger partial charge in [0.2, 0.25) is 0 Å². The van der Waals surface area contributed by atoms with Crippen LogP contribution in [0.15, 0.2) is 24.4 Å². The molecule has 1 aliphatic heterocycles. The first-order valence-electron chi connectivity index (χ1n) is 8.15. The molecular formula is C18H22F3NO2. The van der Waals surface area contributed by atoms with Crippen molar-refractivity contribution in [2.75, 3.05) is 13.2 Å². The summed E-state index contributed by atoms with van der Waals surface area (Å²) in [5.41, 5.74) is 1.07. The van der Waals surface area contributed by atoms with E-state index < -0.39 is 12.0 Å². The van der Waals surface area contributed by atoms with Crippen molar-refractivity contribution in [2.45, 2.75) is 39.9 Å². The fourth-order valence-electron chi connectivity index (χ4n) is 3.01. The number of aromatic nitrogens is 1. The van der Waals surface area contributed by atoms with Gasteiger partial charge in [-0.05, 0) is 25.0 Å². The molecule has 1 aromatic heterocycles. The summed E-state index contributed by atoms with van der Waals surface area (Å²) in [7, 11) is 0. The second kappa shape index (κ2) is 7.38. The SMILES string of the molecule is CC.Cc1cccc2c1c(C(=O)C(F)(F)F)cn2CC1CCOC1. The molecule has 0 spiro atoms. The van der Waals surface area contributed by atoms with E-state index in [-0.39, 0.29) is 11.5 Å². The van der Waals surface area contributed by atoms with Gasteiger partial charge in [0.25, 0.3) is 5.78 Å². The van der Waals surface area contributed by atoms with Gasteiger partial charge in [0.05, 0.1) is 12.2 Å². The average molecular weight is 341 g/mol. The van der Waals surface area contributed by atoms with Crippen molar-refractivity contribution < 1.29 is 22.7 Å². The highest BCUT2D eigenvalue weighted by Gasteiger charge is 2.41. The van der Waals surface area contributed by atoms with Gasteiger partial charge in [-0.25, -0.2) is 0 Å². The Kier molecular flexibility index (Phi) is 5.70. The number of benzene rings is 1. The summed E-state index contributed by atoms with van der Waals surface area (Å²) in [5, 5.41) is 0.392. The lowest BCUT2D eigenvalue weighted by molar-refractivity contribution is -0.0884. The second-order valence-electron chi connectivity index (χ2n) is 5.72. The summed E-state index contributed by atoms with van der Waals surface area (Å²) in [4.78, 5) is 11.7. The molecule has 0 aliphatic carbocycles. The summed E-state index contributed by atoms with van der Waals surface area (Å²) < 4.78 is 45.6. The van der Waals surface area contributed by atoms with Crippen LogP contribution in [0.5, 0.6) is 0 Å². The fraction of sp³-hybridized carbons (Fsp3) is 0.500. The van der Waals surface area contributed by atoms with Crippen molar-refractivity contribution in [1.29, 1.82) is 0 Å². The number of Topliss-reactive ketones (excluding diaryl/α,β-unsaturated/α-hetero) is 1. The molecule has 2 aromatic rings. The molecule has 1 aliphatic rings. The van der Waals surface area contributed by atoms with E-state index >= 15 is 0 Å². The van der Waals surface area contributed by atoms with Gasteiger partial charge in [-0.3, -0.25) is 4.79 Å². The number of ether oxygens (including phenoxy) is 1. The van der Waals surface area contributed by atoms with Gasteiger partial charge in [-0.1, -0.05) is 26.0 Å². The highest BCUT2D eigenvalue weighted by molar-refractivity contribution is 6.11. The molecule has 0 saturated carbocycles. The largest absolute Gasteiger partial charge is 0.454 e. The Balaban J connectivity index is 0.00000100. The van der Waals surface area contributed by atoms with Crippen molar-refractivity contribution in [3.63, 3.8) is 0 Å². The first-order chi connectivity index (χ1) is 11.4. The Labute approximate surface area is 139 Å². The summed E-state index contributed by atoms with van der Waals surface area (Å²) in [6.07, 6.45) is -2.64. The van der Waals surface area contributed by atoms with E-state index in [1.54, 1.807) is 29.7 Å². The number of alkyl halides is 3. The number of aryl methyl sites for hydroxylation is 1. The molecule has 1 saturated heterocycles. The highest BCUT2D eigenvalue weighted by atomic mass is 19.4. The van der Waals surface area contributed by atoms with E-state index in [1.165, 1.54) is 6.20 Å². The van der Waals surface area contributed by atoms with Crippen molar-refractivity contribution in [3.05, 3.63) is 35.5 Å². The molecule has 1 atom stereocenters. The molecule has 3 nitrogen and oxygen atoms in total. The molecule has 1 unspecified atom stereocenters. The van der Waals surface area contributed by atoms with Crippen molar-refractivity contribution in [2.24, 2.45) is 5.92 Å². The quantitative estimate of drug-likeness (QED) is 0.754. The molecule has 0 radical (unpaired) electrons. The first kappa shape index (κ1) is 18.5. The molecule has 1 fully saturated rings. The van der Waals surface area contributed by atoms with Crippen LogP contribution in [0, 0.1) is 12.8 Å². The predicted molar refractivity (Wildman–Crippen MR) is 87.3 cm³/mol. The summed E-state index contributed by atoms with van der Waals surface area (Å²) in [6.45, 7) is 7.56. The molecule has 6 heteroatoms. The summed E-state index contributed by atoms with van der Waals surface area (Å²) >= 11 is 0. The Bertz CT molecular complexity index is 713. The molecule has 2 heterocycles. The molecule has 0 N–H and O–H groups in total. The smallest absolute Gasteiger partial charge is 0.381 e. The van der Waals surface area contributed by atoms with Crippen molar-refractivity contribution in [3.8, 4) is 0 Å². The van der Waals surface area contributed by atoms with Gasteiger partial charge in [-0.15, -0.1) is 0 Å². The topological polar surface area (TPSA) is 31.2 Å². The van der Waals surface area contributed by atoms with Crippen LogP contribution >= 0.6 is 0 Å². The maximum absolute atomic E-state index is 12.8. The second-order valence-corrected chi connectivity index (χ2v) is 5.72. The van der Waals surface area contributed by atoms with E-state index in [9.17, 15) is 18.0 Å². The van der Waals surface area contributed by atoms with Crippen molar-refractivity contribution >= 4 is 16.7 Å². The van der Waals surface area contributed by atoms with Gasteiger partial charge in [0, 0.05) is 36.2 Å². The zero-order valence-electron chi connectivity index (χ0n) is 14.1. The third-order valence-corrected chi connectivity index (χ3v) is 4.10. The van der Waals surface area contributed by atoms with Gasteiger partial charge >= 0.3 is 6.18 Å². The number of rotatable bonds is 3. The average Bonchev–Trinajstić information content (AvgIpc) is 3.17. The van der Waals surface area contributed by atoms with Crippen molar-refractivity contribution in [1.82, 2.24) is 4.57 Å². The van der Waals surface area contributed by atoms with E-state index in [2.05, 4.69) is 0 Å². The number of carbonyl (C=O) groups is 1. The normalized spacial score (nSPS) is 17.7. The minimum atomic E-state index is -4.86. The minimum absolute atomic E-state index is 0.264. The third-order valence-electron chi connectivity index (χ3n) is 4.10. The third kappa shape index (κ3) is 3.64. The number of halogens is 3. The summed E-state index contributed by atoms with van der Waals surface area (Å²) in [5.74, 6) is -1.52. The fourth-order valence-corrected chi connectivity index (χ4v) is 3.01. The van der Waals surface area contributed by atoms with E-state index in [1.807, 2.05) is 13.8 Å². The van der Waals surface area contributed by atoms with Crippen LogP contribution in [0.3, 0.4) is 0 Å². The van der Waals surface area contributed by atoms with E-state index in [0.717, 1.165) is 6.42 Å². The minimum Gasteiger partial charge on any atom is -0.381 e. The summed E-state index contributed by atoms with van der Waals surface area (Å²) in [6, 6.07) is 5.27. The zero-order chi connectivity index (χ0) is 17.9. The van der Waals surface area contributed by atoms with Crippen LogP contribution in [0.2, 0.25) is 0 Å². The molecule has 1 aromatic carbocycles. The predicted octanol–water partition coefficient (Wildman–Crippen LogP) is 4.76. The van der Waals surface area contributed by atoms with Gasteiger partial charge in [0.15, 0.2) is 0 Å². The standard InChI is InChI=1S/C16H16F3NO2.C2H6/c1-10-3-2-4-13-14(10)12(15(21)16(17,18)19)8-20(13)7-11-5-6-22-9-11;1-2/h2-4,8,11H,5-7,9H2,1H3;1-2H3. The number of hydrogen-bond donors (Lipinski definition) is 0. The van der Waals surface area contributed by atoms with Crippen LogP contribution < -0.4 is 0 Å². The lowest BCUT2D eigenvalue weighted by Crippen LogP contribution is -2.22. The Hall–Kier alpha value is -1.82. The Morgan fingerprint density at radius 2 is 2.04 bits per heavy atom. The highest BCUT2D eigenvalue weighted by Crippen LogP contribution is 2.31. The van der Waals surface area contributed by atoms with Gasteiger partial charge in [-0.2, -0.15) is 13.2 Å². The van der Waals surface area contributed by atoms with Gasteiger partial charge in [0.1, 0.15) is 0 Å². The first-order valence-corrected chi connectivity index (χ1v) is 8.15. The number of nitrogens with zero attached hydrogens (tertiary/aromatic N) is 1. The maximum Gasteiger partial charge on any atom is 0.454 e. The number of fused-ring (bicyclic) bond motifs is 1. The van der Waals surface area contributed by atoms with Crippen LogP contribution in [-0.2, 0) is 11.3 Å². The number of hydrogen-bond acceptors (Lipinski definition) is 2. The number of carbonyl (C=O) groups excluding carboxylic acids is 1. The lowest BCUT2D eigenvalue weighted by Gasteiger charge is -2.10. The van der Waals surface area contributed by atoms with E-state index in [4.69, 9.17) is 4.74 Å². The maximum atomic E-state index is 12.8. The monoisotopic (exact) mass is 341 g/mol. The van der Waals surface area contributed by atoms with E-state index in [0.29, 0.717) is 36.2 Å². The molecule has 132 valence electrons. The van der Waals surface area contributed by atoms with Crippen LogP contribution in [0.4, 0.5) is 13.2 Å². The Morgan fingerprint density at radius 1 is 1.33 bits per heavy atom. The number of ketones is 1. The molecule has 0 bridgehead atoms. The molecular weight excluding hydrogens is 319 g/mol. The molecule has 3 rings (SSSR count). The Morgan fingerprint density at radius 3 is 2.62 bits per heavy atom. The lowest BCUT2D eigenvalue weighted by atomic mass is 10.0.